The van der Waals surface area contributed by atoms with E-state index in [0.29, 0.717) is 17.0 Å². The fourth-order valence-corrected chi connectivity index (χ4v) is 3.64. The summed E-state index contributed by atoms with van der Waals surface area (Å²) in [7, 11) is -8.02. The fourth-order valence-electron chi connectivity index (χ4n) is 2.72. The third-order valence-corrected chi connectivity index (χ3v) is 4.80. The van der Waals surface area contributed by atoms with Gasteiger partial charge >= 0.3 is 15.6 Å². The van der Waals surface area contributed by atoms with Crippen molar-refractivity contribution in [2.45, 2.75) is 24.9 Å². The third-order valence-electron chi connectivity index (χ3n) is 3.77. The number of phosphoric acid groups is 2. The molecule has 3 heterocycles. The Morgan fingerprint density at radius 1 is 1.13 bits per heavy atom. The minimum absolute atomic E-state index is 0. The van der Waals surface area contributed by atoms with Crippen molar-refractivity contribution in [3.8, 4) is 0 Å². The number of nitrogens with one attached hydrogen (secondary N) is 1. The first-order chi connectivity index (χ1) is 12.6. The molecule has 0 aliphatic carbocycles. The molecule has 0 bridgehead atoms. The molecule has 0 amide bonds. The van der Waals surface area contributed by atoms with E-state index in [1.807, 2.05) is 0 Å². The van der Waals surface area contributed by atoms with Crippen molar-refractivity contribution in [1.82, 2.24) is 19.5 Å². The van der Waals surface area contributed by atoms with Crippen LogP contribution in [-0.2, 0) is 22.9 Å². The van der Waals surface area contributed by atoms with E-state index in [2.05, 4.69) is 24.8 Å². The summed E-state index contributed by atoms with van der Waals surface area (Å²) < 4.78 is 38.4. The summed E-state index contributed by atoms with van der Waals surface area (Å²) in [6.07, 6.45) is -0.449. The zero-order valence-electron chi connectivity index (χ0n) is 17.8. The van der Waals surface area contributed by atoms with Crippen LogP contribution in [0.15, 0.2) is 12.7 Å². The Hall–Kier alpha value is 2.53. The van der Waals surface area contributed by atoms with Crippen LogP contribution < -0.4 is 5.32 Å². The quantitative estimate of drug-likeness (QED) is 0.204. The first-order valence-electron chi connectivity index (χ1n) is 7.52. The number of nitrogens with zero attached hydrogens (tertiary/aromatic N) is 4. The van der Waals surface area contributed by atoms with Crippen molar-refractivity contribution >= 4 is 151 Å². The minimum atomic E-state index is -4.87. The van der Waals surface area contributed by atoms with Gasteiger partial charge in [0.2, 0.25) is 0 Å². The van der Waals surface area contributed by atoms with Gasteiger partial charge in [0.1, 0.15) is 30.3 Å². The van der Waals surface area contributed by atoms with Gasteiger partial charge in [0, 0.05) is 132 Å². The second-order valence-electron chi connectivity index (χ2n) is 5.58. The molecule has 4 radical (unpaired) electrons. The van der Waals surface area contributed by atoms with Gasteiger partial charge in [-0.2, -0.15) is 0 Å². The molecule has 0 saturated carbocycles. The van der Waals surface area contributed by atoms with Crippen molar-refractivity contribution in [3.63, 3.8) is 0 Å². The Morgan fingerprint density at radius 2 is 1.77 bits per heavy atom. The van der Waals surface area contributed by atoms with Gasteiger partial charge in [0.25, 0.3) is 0 Å². The molecule has 0 unspecified atom stereocenters. The zero-order chi connectivity index (χ0) is 19.8. The van der Waals surface area contributed by atoms with E-state index in [-0.39, 0.29) is 125 Å². The van der Waals surface area contributed by atoms with Crippen molar-refractivity contribution in [2.75, 3.05) is 19.0 Å². The Kier molecular flexibility index (Phi) is 17.2. The topological polar surface area (TPSA) is 198 Å². The minimum Gasteiger partial charge on any atom is -0.371 e. The van der Waals surface area contributed by atoms with Crippen LogP contribution in [0.4, 0.5) is 5.82 Å². The van der Waals surface area contributed by atoms with E-state index in [9.17, 15) is 9.13 Å². The second kappa shape index (κ2) is 14.9. The number of imidazole rings is 1. The largest absolute Gasteiger partial charge is 0.469 e. The predicted molar refractivity (Wildman–Crippen MR) is 111 cm³/mol. The van der Waals surface area contributed by atoms with Crippen molar-refractivity contribution in [1.29, 1.82) is 0 Å². The number of phosphoric ester groups is 2. The van der Waals surface area contributed by atoms with Crippen molar-refractivity contribution in [3.05, 3.63) is 12.7 Å². The van der Waals surface area contributed by atoms with Crippen LogP contribution in [0.5, 0.6) is 0 Å². The number of hydrogen-bond donors (Lipinski definition) is 5. The van der Waals surface area contributed by atoms with Gasteiger partial charge in [-0.05, 0) is 0 Å². The third kappa shape index (κ3) is 10.2. The van der Waals surface area contributed by atoms with E-state index in [4.69, 9.17) is 28.8 Å². The van der Waals surface area contributed by atoms with Crippen LogP contribution in [0.3, 0.4) is 0 Å². The summed E-state index contributed by atoms with van der Waals surface area (Å²) in [5, 5.41) is 2.86. The second-order valence-corrected chi connectivity index (χ2v) is 8.01. The molecule has 2 aromatic rings. The Bertz CT molecular complexity index is 928. The van der Waals surface area contributed by atoms with Gasteiger partial charge in [-0.3, -0.25) is 13.6 Å². The van der Waals surface area contributed by atoms with Gasteiger partial charge < -0.3 is 29.6 Å². The Labute approximate surface area is 265 Å². The Balaban J connectivity index is 0. The van der Waals surface area contributed by atoms with E-state index >= 15 is 0 Å². The monoisotopic (exact) mass is 517 g/mol. The van der Waals surface area contributed by atoms with E-state index in [0.717, 1.165) is 0 Å². The first kappa shape index (κ1) is 35.7. The van der Waals surface area contributed by atoms with Crippen LogP contribution in [0.1, 0.15) is 12.6 Å². The molecule has 0 aromatic carbocycles. The van der Waals surface area contributed by atoms with Crippen LogP contribution in [0, 0.1) is 0 Å². The van der Waals surface area contributed by atoms with Gasteiger partial charge in [-0.1, -0.05) is 0 Å². The standard InChI is InChI=1S/C11H17N5O9P2.4Na/c1-12-10-9-11(14-4-13-10)16(5-15-9)8-2-6(25-27(20,21)22)7(24-8)3-23-26(17,18)19;;;;/h4-8H,2-3H2,1H3,(H,12,13,14)(H2,17,18,19)(H2,20,21,22);;;;/t6-,7+,8+;;;;/m0..../s1. The summed E-state index contributed by atoms with van der Waals surface area (Å²) >= 11 is 0. The summed E-state index contributed by atoms with van der Waals surface area (Å²) in [5.41, 5.74) is 0.844. The van der Waals surface area contributed by atoms with Crippen LogP contribution in [-0.4, -0.2) is 183 Å². The summed E-state index contributed by atoms with van der Waals surface area (Å²) in [5.74, 6) is 0.473. The molecule has 20 heteroatoms. The number of aromatic nitrogens is 4. The molecule has 3 rings (SSSR count). The van der Waals surface area contributed by atoms with Crippen LogP contribution in [0.25, 0.3) is 11.2 Å². The summed E-state index contributed by atoms with van der Waals surface area (Å²) in [4.78, 5) is 48.2. The van der Waals surface area contributed by atoms with Crippen LogP contribution in [0.2, 0.25) is 0 Å². The fraction of sp³-hybridized carbons (Fsp3) is 0.545. The number of ether oxygens (including phenoxy) is 1. The van der Waals surface area contributed by atoms with Gasteiger partial charge in [-0.25, -0.2) is 24.1 Å². The summed E-state index contributed by atoms with van der Waals surface area (Å²) in [6, 6.07) is 0. The molecule has 14 nitrogen and oxygen atoms in total. The number of anilines is 1. The molecule has 1 aliphatic rings. The van der Waals surface area contributed by atoms with Gasteiger partial charge in [0.05, 0.1) is 12.9 Å². The molecular weight excluding hydrogens is 500 g/mol. The normalized spacial score (nSPS) is 20.7. The zero-order valence-corrected chi connectivity index (χ0v) is 27.6. The molecule has 2 aromatic heterocycles. The van der Waals surface area contributed by atoms with Gasteiger partial charge in [-0.15, -0.1) is 0 Å². The smallest absolute Gasteiger partial charge is 0.371 e. The average Bonchev–Trinajstić information content (AvgIpc) is 3.14. The number of rotatable bonds is 7. The van der Waals surface area contributed by atoms with E-state index in [1.54, 1.807) is 7.05 Å². The van der Waals surface area contributed by atoms with Crippen molar-refractivity contribution < 1.29 is 42.5 Å². The van der Waals surface area contributed by atoms with Crippen LogP contribution >= 0.6 is 15.6 Å². The molecule has 31 heavy (non-hydrogen) atoms. The predicted octanol–water partition coefficient (Wildman–Crippen LogP) is -1.78. The molecular formula is C11H17N5Na4O9P2. The molecule has 5 N–H and O–H groups in total. The molecule has 154 valence electrons. The molecule has 3 atom stereocenters. The maximum atomic E-state index is 11.2. The summed E-state index contributed by atoms with van der Waals surface area (Å²) in [6.45, 7) is -0.630. The molecule has 1 aliphatic heterocycles. The van der Waals surface area contributed by atoms with E-state index < -0.39 is 40.7 Å². The number of hydrogen-bond acceptors (Lipinski definition) is 9. The number of fused-ring (bicyclic) bond motifs is 1. The maximum Gasteiger partial charge on any atom is 0.469 e. The Morgan fingerprint density at radius 3 is 2.32 bits per heavy atom. The molecule has 1 fully saturated rings. The molecule has 1 saturated heterocycles. The maximum absolute atomic E-state index is 11.2. The first-order valence-corrected chi connectivity index (χ1v) is 10.6. The van der Waals surface area contributed by atoms with Gasteiger partial charge in [0.15, 0.2) is 11.5 Å². The van der Waals surface area contributed by atoms with Crippen molar-refractivity contribution in [2.24, 2.45) is 0 Å². The SMILES string of the molecule is CNc1ncnc2c1ncn2[C@H]1C[C@H](OP(=O)(O)O)[C@@H](COP(=O)(O)O)O1.[Na].[Na].[Na].[Na]. The molecule has 0 spiro atoms. The average molecular weight is 517 g/mol. The van der Waals surface area contributed by atoms with E-state index in [1.165, 1.54) is 17.2 Å².